The van der Waals surface area contributed by atoms with E-state index in [1.165, 1.54) is 6.42 Å². The fourth-order valence-corrected chi connectivity index (χ4v) is 1.65. The lowest BCUT2D eigenvalue weighted by Gasteiger charge is -2.29. The summed E-state index contributed by atoms with van der Waals surface area (Å²) in [5.74, 6) is 0.768. The summed E-state index contributed by atoms with van der Waals surface area (Å²) in [5.41, 5.74) is 0. The summed E-state index contributed by atoms with van der Waals surface area (Å²) in [6, 6.07) is 0.711. The molecule has 0 aliphatic carbocycles. The molecule has 0 amide bonds. The second-order valence-electron chi connectivity index (χ2n) is 3.55. The molecule has 0 spiro atoms. The molecule has 1 aliphatic heterocycles. The van der Waals surface area contributed by atoms with Crippen molar-refractivity contribution in [3.63, 3.8) is 0 Å². The highest BCUT2D eigenvalue weighted by Gasteiger charge is 2.19. The molecule has 2 nitrogen and oxygen atoms in total. The summed E-state index contributed by atoms with van der Waals surface area (Å²) >= 11 is 0. The molecule has 0 aromatic carbocycles. The Hall–Kier alpha value is -0.340. The summed E-state index contributed by atoms with van der Waals surface area (Å²) in [6.45, 7) is 7.71. The van der Waals surface area contributed by atoms with Crippen molar-refractivity contribution in [1.82, 2.24) is 10.6 Å². The lowest BCUT2D eigenvalue weighted by Crippen LogP contribution is -2.46. The summed E-state index contributed by atoms with van der Waals surface area (Å²) in [4.78, 5) is 0. The highest BCUT2D eigenvalue weighted by Crippen LogP contribution is 2.09. The van der Waals surface area contributed by atoms with Gasteiger partial charge in [-0.15, -0.1) is 0 Å². The second kappa shape index (κ2) is 5.33. The third kappa shape index (κ3) is 2.95. The fraction of sp³-hybridized carbons (Fsp3) is 0.800. The molecule has 70 valence electrons. The molecule has 1 rings (SSSR count). The minimum Gasteiger partial charge on any atom is -0.316 e. The molecule has 1 fully saturated rings. The smallest absolute Gasteiger partial charge is 0.0137 e. The van der Waals surface area contributed by atoms with Crippen molar-refractivity contribution in [1.29, 1.82) is 0 Å². The molecule has 0 aromatic rings. The Labute approximate surface area is 75.4 Å². The number of piperidine rings is 1. The van der Waals surface area contributed by atoms with Gasteiger partial charge < -0.3 is 10.6 Å². The van der Waals surface area contributed by atoms with Gasteiger partial charge in [0.15, 0.2) is 0 Å². The largest absolute Gasteiger partial charge is 0.316 e. The van der Waals surface area contributed by atoms with Crippen LogP contribution in [0.1, 0.15) is 20.3 Å². The zero-order valence-corrected chi connectivity index (χ0v) is 8.14. The van der Waals surface area contributed by atoms with Gasteiger partial charge >= 0.3 is 0 Å². The van der Waals surface area contributed by atoms with Crippen LogP contribution in [0.15, 0.2) is 12.2 Å². The van der Waals surface area contributed by atoms with Crippen LogP contribution >= 0.6 is 0 Å². The molecule has 2 heteroatoms. The number of hydrogen-bond donors (Lipinski definition) is 2. The predicted octanol–water partition coefficient (Wildman–Crippen LogP) is 1.15. The van der Waals surface area contributed by atoms with Crippen molar-refractivity contribution in [2.24, 2.45) is 5.92 Å². The van der Waals surface area contributed by atoms with E-state index in [2.05, 4.69) is 36.6 Å². The lowest BCUT2D eigenvalue weighted by atomic mass is 9.95. The molecule has 2 N–H and O–H groups in total. The lowest BCUT2D eigenvalue weighted by molar-refractivity contribution is 0.304. The normalized spacial score (nSPS) is 31.2. The zero-order chi connectivity index (χ0) is 8.81. The Morgan fingerprint density at radius 1 is 1.58 bits per heavy atom. The van der Waals surface area contributed by atoms with Crippen LogP contribution in [-0.2, 0) is 0 Å². The minimum atomic E-state index is 0.711. The first-order valence-corrected chi connectivity index (χ1v) is 4.90. The second-order valence-corrected chi connectivity index (χ2v) is 3.55. The van der Waals surface area contributed by atoms with E-state index in [0.29, 0.717) is 6.04 Å². The highest BCUT2D eigenvalue weighted by molar-refractivity contribution is 4.85. The Morgan fingerprint density at radius 3 is 3.08 bits per heavy atom. The van der Waals surface area contributed by atoms with E-state index in [0.717, 1.165) is 25.6 Å². The van der Waals surface area contributed by atoms with Gasteiger partial charge in [0.2, 0.25) is 0 Å². The maximum atomic E-state index is 3.55. The average molecular weight is 168 g/mol. The molecule has 12 heavy (non-hydrogen) atoms. The molecular formula is C10H20N2. The van der Waals surface area contributed by atoms with Gasteiger partial charge in [0, 0.05) is 12.6 Å². The van der Waals surface area contributed by atoms with E-state index < -0.39 is 0 Å². The van der Waals surface area contributed by atoms with Crippen LogP contribution in [0.3, 0.4) is 0 Å². The molecule has 0 radical (unpaired) electrons. The topological polar surface area (TPSA) is 24.1 Å². The van der Waals surface area contributed by atoms with Crippen molar-refractivity contribution in [3.8, 4) is 0 Å². The first-order valence-electron chi connectivity index (χ1n) is 4.90. The maximum absolute atomic E-state index is 3.55. The van der Waals surface area contributed by atoms with E-state index in [-0.39, 0.29) is 0 Å². The minimum absolute atomic E-state index is 0.711. The van der Waals surface area contributed by atoms with Gasteiger partial charge in [0.25, 0.3) is 0 Å². The van der Waals surface area contributed by atoms with Gasteiger partial charge in [-0.25, -0.2) is 0 Å². The highest BCUT2D eigenvalue weighted by atomic mass is 15.0. The number of nitrogens with one attached hydrogen (secondary N) is 2. The summed E-state index contributed by atoms with van der Waals surface area (Å²) < 4.78 is 0. The Morgan fingerprint density at radius 2 is 2.42 bits per heavy atom. The standard InChI is InChI=1S/C10H20N2/c1-3-4-6-12-10-5-7-11-8-9(10)2/h3-4,9-12H,5-8H2,1-2H3/b4-3+. The van der Waals surface area contributed by atoms with Gasteiger partial charge in [-0.1, -0.05) is 19.1 Å². The van der Waals surface area contributed by atoms with Gasteiger partial charge in [-0.05, 0) is 32.4 Å². The van der Waals surface area contributed by atoms with Crippen LogP contribution in [0.4, 0.5) is 0 Å². The molecule has 0 saturated carbocycles. The quantitative estimate of drug-likeness (QED) is 0.618. The summed E-state index contributed by atoms with van der Waals surface area (Å²) in [5, 5.41) is 6.94. The van der Waals surface area contributed by atoms with E-state index in [9.17, 15) is 0 Å². The van der Waals surface area contributed by atoms with Gasteiger partial charge in [-0.3, -0.25) is 0 Å². The summed E-state index contributed by atoms with van der Waals surface area (Å²) in [7, 11) is 0. The van der Waals surface area contributed by atoms with Crippen LogP contribution in [0.5, 0.6) is 0 Å². The van der Waals surface area contributed by atoms with Gasteiger partial charge in [0.1, 0.15) is 0 Å². The van der Waals surface area contributed by atoms with Crippen molar-refractivity contribution in [2.45, 2.75) is 26.3 Å². The van der Waals surface area contributed by atoms with Crippen molar-refractivity contribution < 1.29 is 0 Å². The predicted molar refractivity (Wildman–Crippen MR) is 53.3 cm³/mol. The summed E-state index contributed by atoms with van der Waals surface area (Å²) in [6.07, 6.45) is 5.53. The Bertz CT molecular complexity index is 143. The average Bonchev–Trinajstić information content (AvgIpc) is 2.09. The van der Waals surface area contributed by atoms with Crippen molar-refractivity contribution in [2.75, 3.05) is 19.6 Å². The third-order valence-electron chi connectivity index (χ3n) is 2.52. The van der Waals surface area contributed by atoms with Crippen molar-refractivity contribution in [3.05, 3.63) is 12.2 Å². The SMILES string of the molecule is C/C=C/CNC1CCNCC1C. The maximum Gasteiger partial charge on any atom is 0.0137 e. The first-order chi connectivity index (χ1) is 5.84. The molecule has 0 aromatic heterocycles. The Balaban J connectivity index is 2.20. The first kappa shape index (κ1) is 9.75. The van der Waals surface area contributed by atoms with Crippen LogP contribution in [0.2, 0.25) is 0 Å². The van der Waals surface area contributed by atoms with Crippen LogP contribution < -0.4 is 10.6 Å². The number of hydrogen-bond acceptors (Lipinski definition) is 2. The monoisotopic (exact) mass is 168 g/mol. The van der Waals surface area contributed by atoms with Crippen molar-refractivity contribution >= 4 is 0 Å². The third-order valence-corrected chi connectivity index (χ3v) is 2.52. The molecular weight excluding hydrogens is 148 g/mol. The van der Waals surface area contributed by atoms with Crippen LogP contribution in [-0.4, -0.2) is 25.7 Å². The molecule has 1 heterocycles. The molecule has 1 saturated heterocycles. The fourth-order valence-electron chi connectivity index (χ4n) is 1.65. The van der Waals surface area contributed by atoms with E-state index in [1.807, 2.05) is 0 Å². The molecule has 0 bridgehead atoms. The van der Waals surface area contributed by atoms with Crippen LogP contribution in [0.25, 0.3) is 0 Å². The molecule has 2 atom stereocenters. The van der Waals surface area contributed by atoms with Crippen LogP contribution in [0, 0.1) is 5.92 Å². The molecule has 1 aliphatic rings. The number of rotatable bonds is 3. The van der Waals surface area contributed by atoms with E-state index >= 15 is 0 Å². The Kier molecular flexibility index (Phi) is 4.33. The zero-order valence-electron chi connectivity index (χ0n) is 8.14. The number of allylic oxidation sites excluding steroid dienone is 1. The molecule has 2 unspecified atom stereocenters. The van der Waals surface area contributed by atoms with Gasteiger partial charge in [0.05, 0.1) is 0 Å². The van der Waals surface area contributed by atoms with Gasteiger partial charge in [-0.2, -0.15) is 0 Å². The van der Waals surface area contributed by atoms with E-state index in [4.69, 9.17) is 0 Å². The van der Waals surface area contributed by atoms with E-state index in [1.54, 1.807) is 0 Å².